The highest BCUT2D eigenvalue weighted by Gasteiger charge is 2.28. The molecular formula is C16H16Br2N6O2. The second kappa shape index (κ2) is 8.00. The van der Waals surface area contributed by atoms with Crippen LogP contribution in [0.3, 0.4) is 0 Å². The number of ether oxygens (including phenoxy) is 1. The molecule has 0 aliphatic carbocycles. The number of benzene rings is 1. The Bertz CT molecular complexity index is 893. The van der Waals surface area contributed by atoms with Gasteiger partial charge in [-0.1, -0.05) is 35.4 Å². The Hall–Kier alpha value is -2.20. The van der Waals surface area contributed by atoms with E-state index in [1.165, 1.54) is 0 Å². The summed E-state index contributed by atoms with van der Waals surface area (Å²) >= 11 is 7.07. The van der Waals surface area contributed by atoms with Crippen molar-refractivity contribution in [2.24, 2.45) is 0 Å². The Morgan fingerprint density at radius 1 is 1.31 bits per heavy atom. The molecule has 136 valence electrons. The van der Waals surface area contributed by atoms with E-state index in [9.17, 15) is 4.79 Å². The number of H-pyrrole nitrogens is 1. The van der Waals surface area contributed by atoms with Gasteiger partial charge in [-0.25, -0.2) is 0 Å². The van der Waals surface area contributed by atoms with Crippen molar-refractivity contribution < 1.29 is 9.53 Å². The van der Waals surface area contributed by atoms with Gasteiger partial charge in [-0.2, -0.15) is 5.21 Å². The molecule has 3 aromatic rings. The lowest BCUT2D eigenvalue weighted by molar-refractivity contribution is 0.101. The average molecular weight is 484 g/mol. The number of aromatic nitrogens is 5. The normalized spacial score (nSPS) is 11.0. The number of amides is 1. The second-order valence-electron chi connectivity index (χ2n) is 5.71. The first-order valence-electron chi connectivity index (χ1n) is 7.80. The number of tetrazole rings is 1. The Kier molecular flexibility index (Phi) is 5.72. The summed E-state index contributed by atoms with van der Waals surface area (Å²) in [6.07, 6.45) is -0.109. The lowest BCUT2D eigenvalue weighted by Crippen LogP contribution is -2.20. The number of nitrogens with one attached hydrogen (secondary N) is 2. The van der Waals surface area contributed by atoms with Gasteiger partial charge in [0.15, 0.2) is 11.4 Å². The van der Waals surface area contributed by atoms with Crippen molar-refractivity contribution in [1.29, 1.82) is 0 Å². The molecule has 10 heteroatoms. The summed E-state index contributed by atoms with van der Waals surface area (Å²) in [5.41, 5.74) is 1.39. The van der Waals surface area contributed by atoms with Crippen molar-refractivity contribution >= 4 is 43.7 Å². The van der Waals surface area contributed by atoms with Crippen LogP contribution in [0.5, 0.6) is 5.75 Å². The molecule has 0 aliphatic rings. The van der Waals surface area contributed by atoms with Crippen molar-refractivity contribution in [2.45, 2.75) is 26.5 Å². The van der Waals surface area contributed by atoms with Gasteiger partial charge in [-0.3, -0.25) is 10.1 Å². The molecule has 0 bridgehead atoms. The lowest BCUT2D eigenvalue weighted by Gasteiger charge is -2.13. The zero-order chi connectivity index (χ0) is 18.7. The molecule has 1 aromatic carbocycles. The second-order valence-corrected chi connectivity index (χ2v) is 7.25. The van der Waals surface area contributed by atoms with Gasteiger partial charge in [0.1, 0.15) is 4.60 Å². The van der Waals surface area contributed by atoms with E-state index in [1.54, 1.807) is 0 Å². The molecular weight excluding hydrogens is 468 g/mol. The maximum absolute atomic E-state index is 12.9. The number of anilines is 1. The molecule has 0 spiro atoms. The quantitative estimate of drug-likeness (QED) is 0.558. The zero-order valence-electron chi connectivity index (χ0n) is 14.0. The molecule has 0 atom stereocenters. The molecule has 0 aliphatic heterocycles. The number of nitrogens with zero attached hydrogens (tertiary/aromatic N) is 4. The topological polar surface area (TPSA) is 97.7 Å². The summed E-state index contributed by atoms with van der Waals surface area (Å²) < 4.78 is 9.09. The largest absolute Gasteiger partial charge is 0.487 e. The van der Waals surface area contributed by atoms with Crippen LogP contribution in [0.1, 0.15) is 29.9 Å². The number of carbonyl (C=O) groups excluding carboxylic acids is 1. The van der Waals surface area contributed by atoms with E-state index in [4.69, 9.17) is 4.74 Å². The standard InChI is InChI=1S/C16H16Br2N6O2/c1-9(2)26-13-11(17)14(18)24(8-10-6-4-3-5-7-10)12(13)15(25)19-16-20-22-23-21-16/h3-7,9H,8H2,1-2H3,(H2,19,20,21,22,23,25). The summed E-state index contributed by atoms with van der Waals surface area (Å²) in [5.74, 6) is 0.137. The average Bonchev–Trinajstić information content (AvgIpc) is 3.19. The molecule has 0 unspecified atom stereocenters. The Labute approximate surface area is 166 Å². The highest BCUT2D eigenvalue weighted by atomic mass is 79.9. The van der Waals surface area contributed by atoms with Gasteiger partial charge < -0.3 is 9.30 Å². The van der Waals surface area contributed by atoms with Gasteiger partial charge in [0.2, 0.25) is 0 Å². The van der Waals surface area contributed by atoms with Crippen LogP contribution >= 0.6 is 31.9 Å². The number of rotatable bonds is 6. The minimum Gasteiger partial charge on any atom is -0.487 e. The van der Waals surface area contributed by atoms with E-state index in [-0.39, 0.29) is 12.1 Å². The highest BCUT2D eigenvalue weighted by Crippen LogP contribution is 2.40. The third-order valence-corrected chi connectivity index (χ3v) is 5.52. The smallest absolute Gasteiger partial charge is 0.278 e. The van der Waals surface area contributed by atoms with Crippen LogP contribution in [0, 0.1) is 0 Å². The third kappa shape index (κ3) is 3.96. The van der Waals surface area contributed by atoms with Crippen LogP contribution in [0.15, 0.2) is 39.4 Å². The van der Waals surface area contributed by atoms with Crippen LogP contribution in [0.4, 0.5) is 5.95 Å². The first kappa shape index (κ1) is 18.6. The fourth-order valence-electron chi connectivity index (χ4n) is 2.40. The predicted molar refractivity (Wildman–Crippen MR) is 103 cm³/mol. The SMILES string of the molecule is CC(C)Oc1c(Br)c(Br)n(Cc2ccccc2)c1C(=O)Nc1nn[nH]n1. The Balaban J connectivity index is 2.05. The Morgan fingerprint density at radius 3 is 2.65 bits per heavy atom. The number of halogens is 2. The van der Waals surface area contributed by atoms with Crippen LogP contribution in [-0.2, 0) is 6.54 Å². The summed E-state index contributed by atoms with van der Waals surface area (Å²) in [4.78, 5) is 12.9. The lowest BCUT2D eigenvalue weighted by atomic mass is 10.2. The van der Waals surface area contributed by atoms with Gasteiger partial charge in [-0.05, 0) is 56.5 Å². The van der Waals surface area contributed by atoms with Crippen molar-refractivity contribution in [3.8, 4) is 5.75 Å². The molecule has 2 aromatic heterocycles. The summed E-state index contributed by atoms with van der Waals surface area (Å²) in [7, 11) is 0. The third-order valence-electron chi connectivity index (χ3n) is 3.43. The monoisotopic (exact) mass is 482 g/mol. The number of hydrogen-bond acceptors (Lipinski definition) is 5. The van der Waals surface area contributed by atoms with Crippen LogP contribution in [-0.4, -0.2) is 37.2 Å². The summed E-state index contributed by atoms with van der Waals surface area (Å²) in [6, 6.07) is 9.83. The Morgan fingerprint density at radius 2 is 2.04 bits per heavy atom. The van der Waals surface area contributed by atoms with Crippen LogP contribution in [0.2, 0.25) is 0 Å². The molecule has 0 saturated heterocycles. The molecule has 3 rings (SSSR count). The molecule has 0 saturated carbocycles. The fourth-order valence-corrected chi connectivity index (χ4v) is 3.37. The number of hydrogen-bond donors (Lipinski definition) is 2. The molecule has 0 radical (unpaired) electrons. The maximum atomic E-state index is 12.9. The van der Waals surface area contributed by atoms with Gasteiger partial charge in [0, 0.05) is 6.54 Å². The minimum absolute atomic E-state index is 0.0882. The summed E-state index contributed by atoms with van der Waals surface area (Å²) in [6.45, 7) is 4.28. The van der Waals surface area contributed by atoms with Crippen molar-refractivity contribution in [1.82, 2.24) is 25.2 Å². The summed E-state index contributed by atoms with van der Waals surface area (Å²) in [5, 5.41) is 15.9. The first-order valence-corrected chi connectivity index (χ1v) is 9.38. The van der Waals surface area contributed by atoms with E-state index >= 15 is 0 Å². The van der Waals surface area contributed by atoms with Gasteiger partial charge in [-0.15, -0.1) is 5.10 Å². The molecule has 1 amide bonds. The number of carbonyl (C=O) groups is 1. The number of aromatic amines is 1. The maximum Gasteiger partial charge on any atom is 0.278 e. The van der Waals surface area contributed by atoms with Crippen molar-refractivity contribution in [3.05, 3.63) is 50.7 Å². The highest BCUT2D eigenvalue weighted by molar-refractivity contribution is 9.13. The van der Waals surface area contributed by atoms with E-state index < -0.39 is 5.91 Å². The van der Waals surface area contributed by atoms with Gasteiger partial charge in [0.25, 0.3) is 11.9 Å². The van der Waals surface area contributed by atoms with E-state index in [2.05, 4.69) is 57.8 Å². The molecule has 26 heavy (non-hydrogen) atoms. The molecule has 2 heterocycles. The van der Waals surface area contributed by atoms with E-state index in [0.29, 0.717) is 27.1 Å². The first-order chi connectivity index (χ1) is 12.5. The van der Waals surface area contributed by atoms with Crippen LogP contribution < -0.4 is 10.1 Å². The molecule has 0 fully saturated rings. The van der Waals surface area contributed by atoms with Crippen molar-refractivity contribution in [2.75, 3.05) is 5.32 Å². The zero-order valence-corrected chi connectivity index (χ0v) is 17.2. The predicted octanol–water partition coefficient (Wildman–Crippen LogP) is 3.61. The minimum atomic E-state index is -0.399. The molecule has 2 N–H and O–H groups in total. The van der Waals surface area contributed by atoms with Crippen molar-refractivity contribution in [3.63, 3.8) is 0 Å². The fraction of sp³-hybridized carbons (Fsp3) is 0.250. The van der Waals surface area contributed by atoms with Crippen LogP contribution in [0.25, 0.3) is 0 Å². The van der Waals surface area contributed by atoms with E-state index in [0.717, 1.165) is 5.56 Å². The van der Waals surface area contributed by atoms with Gasteiger partial charge >= 0.3 is 0 Å². The van der Waals surface area contributed by atoms with E-state index in [1.807, 2.05) is 48.7 Å². The molecule has 8 nitrogen and oxygen atoms in total. The van der Waals surface area contributed by atoms with Gasteiger partial charge in [0.05, 0.1) is 10.6 Å².